The van der Waals surface area contributed by atoms with Crippen molar-refractivity contribution in [3.63, 3.8) is 0 Å². The smallest absolute Gasteiger partial charge is 0.224 e. The number of aromatic amines is 1. The minimum Gasteiger partial charge on any atom is -0.332 e. The number of piperidine rings is 1. The van der Waals surface area contributed by atoms with Crippen LogP contribution in [0.4, 0.5) is 0 Å². The van der Waals surface area contributed by atoms with Gasteiger partial charge in [-0.3, -0.25) is 9.89 Å². The number of hydrogen-bond acceptors (Lipinski definition) is 4. The van der Waals surface area contributed by atoms with Crippen molar-refractivity contribution < 1.29 is 4.79 Å². The molecule has 1 aromatic carbocycles. The summed E-state index contributed by atoms with van der Waals surface area (Å²) in [6, 6.07) is 8.07. The van der Waals surface area contributed by atoms with Crippen molar-refractivity contribution in [2.24, 2.45) is 0 Å². The van der Waals surface area contributed by atoms with E-state index in [1.807, 2.05) is 30.0 Å². The van der Waals surface area contributed by atoms with Gasteiger partial charge in [-0.2, -0.15) is 5.10 Å². The van der Waals surface area contributed by atoms with Crippen LogP contribution >= 0.6 is 0 Å². The maximum absolute atomic E-state index is 12.9. The Morgan fingerprint density at radius 1 is 1.32 bits per heavy atom. The fourth-order valence-corrected chi connectivity index (χ4v) is 3.72. The van der Waals surface area contributed by atoms with Gasteiger partial charge >= 0.3 is 0 Å². The molecular weight excluding hydrogens is 316 g/mol. The Balaban J connectivity index is 1.50. The lowest BCUT2D eigenvalue weighted by Crippen LogP contribution is -2.39. The van der Waals surface area contributed by atoms with Crippen molar-refractivity contribution in [3.05, 3.63) is 42.2 Å². The molecule has 1 amide bonds. The van der Waals surface area contributed by atoms with Gasteiger partial charge in [0.1, 0.15) is 18.0 Å². The van der Waals surface area contributed by atoms with Crippen LogP contribution in [0.25, 0.3) is 11.0 Å². The molecule has 2 aromatic heterocycles. The second kappa shape index (κ2) is 6.66. The van der Waals surface area contributed by atoms with E-state index in [-0.39, 0.29) is 11.9 Å². The fourth-order valence-electron chi connectivity index (χ4n) is 3.72. The molecule has 0 bridgehead atoms. The van der Waals surface area contributed by atoms with Crippen LogP contribution in [-0.4, -0.2) is 42.1 Å². The first-order chi connectivity index (χ1) is 12.2. The molecule has 7 heteroatoms. The van der Waals surface area contributed by atoms with Crippen LogP contribution < -0.4 is 0 Å². The Hall–Kier alpha value is -2.70. The lowest BCUT2D eigenvalue weighted by molar-refractivity contribution is -0.135. The van der Waals surface area contributed by atoms with E-state index in [1.54, 1.807) is 0 Å². The molecule has 130 valence electrons. The van der Waals surface area contributed by atoms with Crippen molar-refractivity contribution in [2.75, 3.05) is 6.54 Å². The summed E-state index contributed by atoms with van der Waals surface area (Å²) in [6.45, 7) is 3.42. The maximum Gasteiger partial charge on any atom is 0.224 e. The molecule has 3 aromatic rings. The molecule has 1 saturated heterocycles. The zero-order valence-electron chi connectivity index (χ0n) is 14.4. The first kappa shape index (κ1) is 15.8. The number of hydrogen-bond donors (Lipinski definition) is 1. The highest BCUT2D eigenvalue weighted by Gasteiger charge is 2.29. The molecule has 1 N–H and O–H groups in total. The third kappa shape index (κ3) is 3.01. The molecule has 3 heterocycles. The summed E-state index contributed by atoms with van der Waals surface area (Å²) in [5, 5.41) is 6.86. The molecule has 7 nitrogen and oxygen atoms in total. The Kier molecular flexibility index (Phi) is 4.21. The van der Waals surface area contributed by atoms with Gasteiger partial charge in [0.15, 0.2) is 0 Å². The number of amides is 1. The number of para-hydroxylation sites is 2. The van der Waals surface area contributed by atoms with Gasteiger partial charge in [-0.1, -0.05) is 12.1 Å². The van der Waals surface area contributed by atoms with Gasteiger partial charge in [-0.15, -0.1) is 0 Å². The first-order valence-electron chi connectivity index (χ1n) is 8.80. The van der Waals surface area contributed by atoms with E-state index in [2.05, 4.69) is 30.8 Å². The molecule has 1 atom stereocenters. The number of fused-ring (bicyclic) bond motifs is 1. The number of aryl methyl sites for hydroxylation is 2. The van der Waals surface area contributed by atoms with Gasteiger partial charge in [0, 0.05) is 19.5 Å². The van der Waals surface area contributed by atoms with Crippen LogP contribution in [-0.2, 0) is 11.3 Å². The number of benzene rings is 1. The van der Waals surface area contributed by atoms with Gasteiger partial charge in [-0.25, -0.2) is 9.97 Å². The quantitative estimate of drug-likeness (QED) is 0.793. The zero-order chi connectivity index (χ0) is 17.2. The SMILES string of the molecule is Cc1nc2ccccc2n1CCC(=O)N1CCCC[C@@H]1c1ncn[nH]1. The molecule has 1 aliphatic rings. The predicted octanol–water partition coefficient (Wildman–Crippen LogP) is 2.61. The summed E-state index contributed by atoms with van der Waals surface area (Å²) >= 11 is 0. The minimum atomic E-state index is 0.0179. The Morgan fingerprint density at radius 3 is 3.04 bits per heavy atom. The van der Waals surface area contributed by atoms with E-state index in [4.69, 9.17) is 0 Å². The molecule has 0 spiro atoms. The molecule has 1 aliphatic heterocycles. The molecule has 0 radical (unpaired) electrons. The molecule has 0 saturated carbocycles. The van der Waals surface area contributed by atoms with Crippen molar-refractivity contribution in [3.8, 4) is 0 Å². The Labute approximate surface area is 146 Å². The number of nitrogens with zero attached hydrogens (tertiary/aromatic N) is 5. The summed E-state index contributed by atoms with van der Waals surface area (Å²) < 4.78 is 2.13. The highest BCUT2D eigenvalue weighted by atomic mass is 16.2. The normalized spacial score (nSPS) is 18.0. The molecule has 1 fully saturated rings. The molecule has 0 aliphatic carbocycles. The monoisotopic (exact) mass is 338 g/mol. The standard InChI is InChI=1S/C18H22N6O/c1-13-21-14-6-2-3-7-15(14)23(13)11-9-17(25)24-10-5-4-8-16(24)18-19-12-20-22-18/h2-3,6-7,12,16H,4-5,8-11H2,1H3,(H,19,20,22)/t16-/m1/s1. The lowest BCUT2D eigenvalue weighted by atomic mass is 10.0. The third-order valence-electron chi connectivity index (χ3n) is 4.97. The van der Waals surface area contributed by atoms with E-state index >= 15 is 0 Å². The van der Waals surface area contributed by atoms with Crippen molar-refractivity contribution in [2.45, 2.75) is 45.2 Å². The number of carbonyl (C=O) groups is 1. The second-order valence-corrected chi connectivity index (χ2v) is 6.52. The van der Waals surface area contributed by atoms with Gasteiger partial charge in [0.05, 0.1) is 17.1 Å². The number of imidazole rings is 1. The highest BCUT2D eigenvalue weighted by Crippen LogP contribution is 2.29. The van der Waals surface area contributed by atoms with E-state index in [1.165, 1.54) is 6.33 Å². The molecular formula is C18H22N6O. The van der Waals surface area contributed by atoms with Crippen molar-refractivity contribution in [1.29, 1.82) is 0 Å². The maximum atomic E-state index is 12.9. The second-order valence-electron chi connectivity index (χ2n) is 6.52. The van der Waals surface area contributed by atoms with Gasteiger partial charge in [-0.05, 0) is 38.3 Å². The Morgan fingerprint density at radius 2 is 2.20 bits per heavy atom. The van der Waals surface area contributed by atoms with E-state index in [9.17, 15) is 4.79 Å². The van der Waals surface area contributed by atoms with Crippen molar-refractivity contribution >= 4 is 16.9 Å². The summed E-state index contributed by atoms with van der Waals surface area (Å²) in [6.07, 6.45) is 5.07. The number of nitrogens with one attached hydrogen (secondary N) is 1. The van der Waals surface area contributed by atoms with E-state index in [0.717, 1.165) is 48.5 Å². The third-order valence-corrected chi connectivity index (χ3v) is 4.97. The predicted molar refractivity (Wildman–Crippen MR) is 93.8 cm³/mol. The fraction of sp³-hybridized carbons (Fsp3) is 0.444. The largest absolute Gasteiger partial charge is 0.332 e. The molecule has 4 rings (SSSR count). The van der Waals surface area contributed by atoms with Crippen LogP contribution in [0.5, 0.6) is 0 Å². The van der Waals surface area contributed by atoms with Crippen LogP contribution in [0.2, 0.25) is 0 Å². The molecule has 0 unspecified atom stereocenters. The summed E-state index contributed by atoms with van der Waals surface area (Å²) in [7, 11) is 0. The number of rotatable bonds is 4. The van der Waals surface area contributed by atoms with Crippen LogP contribution in [0.15, 0.2) is 30.6 Å². The van der Waals surface area contributed by atoms with Crippen LogP contribution in [0, 0.1) is 6.92 Å². The van der Waals surface area contributed by atoms with E-state index in [0.29, 0.717) is 13.0 Å². The molecule has 25 heavy (non-hydrogen) atoms. The zero-order valence-corrected chi connectivity index (χ0v) is 14.4. The average molecular weight is 338 g/mol. The number of aromatic nitrogens is 5. The van der Waals surface area contributed by atoms with Gasteiger partial charge < -0.3 is 9.47 Å². The lowest BCUT2D eigenvalue weighted by Gasteiger charge is -2.34. The number of carbonyl (C=O) groups excluding carboxylic acids is 1. The van der Waals surface area contributed by atoms with Crippen LogP contribution in [0.3, 0.4) is 0 Å². The van der Waals surface area contributed by atoms with Gasteiger partial charge in [0.25, 0.3) is 0 Å². The van der Waals surface area contributed by atoms with Gasteiger partial charge in [0.2, 0.25) is 5.91 Å². The topological polar surface area (TPSA) is 79.7 Å². The summed E-state index contributed by atoms with van der Waals surface area (Å²) in [5.41, 5.74) is 2.06. The number of likely N-dealkylation sites (tertiary alicyclic amines) is 1. The van der Waals surface area contributed by atoms with Crippen molar-refractivity contribution in [1.82, 2.24) is 29.6 Å². The summed E-state index contributed by atoms with van der Waals surface area (Å²) in [5.74, 6) is 1.90. The summed E-state index contributed by atoms with van der Waals surface area (Å²) in [4.78, 5) is 23.7. The Bertz CT molecular complexity index is 869. The first-order valence-corrected chi connectivity index (χ1v) is 8.80. The van der Waals surface area contributed by atoms with Crippen LogP contribution in [0.1, 0.15) is 43.4 Å². The number of H-pyrrole nitrogens is 1. The average Bonchev–Trinajstić information content (AvgIpc) is 3.27. The highest BCUT2D eigenvalue weighted by molar-refractivity contribution is 5.78. The minimum absolute atomic E-state index is 0.0179. The van der Waals surface area contributed by atoms with E-state index < -0.39 is 0 Å².